The molecule has 0 saturated carbocycles. The summed E-state index contributed by atoms with van der Waals surface area (Å²) in [4.78, 5) is 28.4. The highest BCUT2D eigenvalue weighted by atomic mass is 32.1. The molecule has 182 valence electrons. The molecular formula is C27H32N6OS. The Morgan fingerprint density at radius 3 is 2.66 bits per heavy atom. The minimum absolute atomic E-state index is 0.207. The summed E-state index contributed by atoms with van der Waals surface area (Å²) in [6.45, 7) is 7.32. The molecule has 0 bridgehead atoms. The summed E-state index contributed by atoms with van der Waals surface area (Å²) in [7, 11) is 0. The fourth-order valence-corrected chi connectivity index (χ4v) is 5.38. The number of carbonyl (C=O) groups excluding carboxylic acids is 1. The fourth-order valence-electron chi connectivity index (χ4n) is 4.68. The first kappa shape index (κ1) is 23.5. The smallest absolute Gasteiger partial charge is 0.227 e. The number of hydrogen-bond donors (Lipinski definition) is 0. The molecular weight excluding hydrogens is 456 g/mol. The Morgan fingerprint density at radius 1 is 1.03 bits per heavy atom. The number of unbranched alkanes of at least 4 members (excludes halogenated alkanes) is 1. The van der Waals surface area contributed by atoms with Gasteiger partial charge in [-0.05, 0) is 43.3 Å². The quantitative estimate of drug-likeness (QED) is 0.374. The molecule has 35 heavy (non-hydrogen) atoms. The van der Waals surface area contributed by atoms with Crippen molar-refractivity contribution >= 4 is 34.1 Å². The van der Waals surface area contributed by atoms with Crippen molar-refractivity contribution in [3.63, 3.8) is 0 Å². The second kappa shape index (κ2) is 10.6. The van der Waals surface area contributed by atoms with E-state index in [1.807, 2.05) is 52.2 Å². The van der Waals surface area contributed by atoms with Crippen molar-refractivity contribution in [3.8, 4) is 5.69 Å². The number of thiophene rings is 1. The molecule has 5 rings (SSSR count). The predicted molar refractivity (Wildman–Crippen MR) is 141 cm³/mol. The van der Waals surface area contributed by atoms with E-state index in [2.05, 4.69) is 24.0 Å². The van der Waals surface area contributed by atoms with Crippen LogP contribution in [-0.2, 0) is 17.6 Å². The molecule has 4 heterocycles. The van der Waals surface area contributed by atoms with Crippen LogP contribution in [0.5, 0.6) is 0 Å². The Kier molecular flexibility index (Phi) is 7.08. The number of fused-ring (bicyclic) bond motifs is 1. The zero-order valence-electron chi connectivity index (χ0n) is 20.5. The third-order valence-corrected chi connectivity index (χ3v) is 7.41. The van der Waals surface area contributed by atoms with Crippen LogP contribution in [0.3, 0.4) is 0 Å². The molecule has 0 aliphatic carbocycles. The molecule has 1 aromatic carbocycles. The van der Waals surface area contributed by atoms with Crippen LogP contribution in [0.1, 0.15) is 42.6 Å². The topological polar surface area (TPSA) is 67.2 Å². The zero-order valence-corrected chi connectivity index (χ0v) is 21.3. The lowest BCUT2D eigenvalue weighted by Gasteiger charge is -2.24. The van der Waals surface area contributed by atoms with E-state index in [9.17, 15) is 4.79 Å². The highest BCUT2D eigenvalue weighted by molar-refractivity contribution is 7.10. The molecule has 0 unspecified atom stereocenters. The number of amides is 1. The number of benzene rings is 1. The first-order valence-corrected chi connectivity index (χ1v) is 13.4. The van der Waals surface area contributed by atoms with E-state index in [0.29, 0.717) is 13.0 Å². The normalized spacial score (nSPS) is 14.5. The Balaban J connectivity index is 1.47. The van der Waals surface area contributed by atoms with Gasteiger partial charge in [-0.25, -0.2) is 14.6 Å². The van der Waals surface area contributed by atoms with Gasteiger partial charge in [-0.2, -0.15) is 5.10 Å². The maximum atomic E-state index is 12.9. The van der Waals surface area contributed by atoms with Gasteiger partial charge in [-0.15, -0.1) is 11.3 Å². The van der Waals surface area contributed by atoms with Gasteiger partial charge < -0.3 is 9.80 Å². The van der Waals surface area contributed by atoms with Gasteiger partial charge in [-0.3, -0.25) is 4.79 Å². The van der Waals surface area contributed by atoms with Crippen LogP contribution >= 0.6 is 11.3 Å². The van der Waals surface area contributed by atoms with Crippen LogP contribution in [0.2, 0.25) is 0 Å². The summed E-state index contributed by atoms with van der Waals surface area (Å²) in [5.74, 6) is 2.02. The largest absolute Gasteiger partial charge is 0.354 e. The highest BCUT2D eigenvalue weighted by Gasteiger charge is 2.25. The minimum atomic E-state index is 0.207. The lowest BCUT2D eigenvalue weighted by atomic mass is 10.2. The number of aromatic nitrogens is 4. The van der Waals surface area contributed by atoms with Crippen molar-refractivity contribution in [2.24, 2.45) is 0 Å². The van der Waals surface area contributed by atoms with Crippen LogP contribution in [0.25, 0.3) is 16.7 Å². The maximum absolute atomic E-state index is 12.9. The van der Waals surface area contributed by atoms with Crippen LogP contribution < -0.4 is 4.90 Å². The van der Waals surface area contributed by atoms with Gasteiger partial charge >= 0.3 is 0 Å². The zero-order chi connectivity index (χ0) is 24.2. The van der Waals surface area contributed by atoms with Crippen molar-refractivity contribution in [2.75, 3.05) is 31.1 Å². The minimum Gasteiger partial charge on any atom is -0.354 e. The molecule has 8 heteroatoms. The molecule has 7 nitrogen and oxygen atoms in total. The summed E-state index contributed by atoms with van der Waals surface area (Å²) in [6.07, 6.45) is 4.39. The van der Waals surface area contributed by atoms with Crippen molar-refractivity contribution < 1.29 is 4.79 Å². The molecule has 1 saturated heterocycles. The second-order valence-corrected chi connectivity index (χ2v) is 10.1. The van der Waals surface area contributed by atoms with Gasteiger partial charge in [0.25, 0.3) is 0 Å². The third-order valence-electron chi connectivity index (χ3n) is 6.54. The van der Waals surface area contributed by atoms with E-state index in [0.717, 1.165) is 84.3 Å². The molecule has 0 spiro atoms. The maximum Gasteiger partial charge on any atom is 0.227 e. The van der Waals surface area contributed by atoms with E-state index >= 15 is 0 Å². The van der Waals surface area contributed by atoms with Crippen molar-refractivity contribution in [1.82, 2.24) is 24.6 Å². The number of nitrogens with zero attached hydrogens (tertiary/aromatic N) is 6. The first-order valence-electron chi connectivity index (χ1n) is 12.5. The Labute approximate surface area is 210 Å². The summed E-state index contributed by atoms with van der Waals surface area (Å²) in [5.41, 5.74) is 2.79. The van der Waals surface area contributed by atoms with E-state index in [4.69, 9.17) is 15.1 Å². The van der Waals surface area contributed by atoms with Crippen LogP contribution in [0, 0.1) is 6.92 Å². The summed E-state index contributed by atoms with van der Waals surface area (Å²) in [5, 5.41) is 7.91. The van der Waals surface area contributed by atoms with E-state index < -0.39 is 0 Å². The van der Waals surface area contributed by atoms with Gasteiger partial charge in [0, 0.05) is 37.5 Å². The van der Waals surface area contributed by atoms with Gasteiger partial charge in [0.05, 0.1) is 23.2 Å². The lowest BCUT2D eigenvalue weighted by molar-refractivity contribution is -0.130. The second-order valence-electron chi connectivity index (χ2n) is 9.08. The molecule has 0 N–H and O–H groups in total. The van der Waals surface area contributed by atoms with Gasteiger partial charge in [0.1, 0.15) is 11.6 Å². The molecule has 4 aromatic rings. The molecule has 1 aliphatic heterocycles. The number of hydrogen-bond acceptors (Lipinski definition) is 6. The van der Waals surface area contributed by atoms with Crippen molar-refractivity contribution in [1.29, 1.82) is 0 Å². The molecule has 3 aromatic heterocycles. The fraction of sp³-hybridized carbons (Fsp3) is 0.407. The number of carbonyl (C=O) groups is 1. The number of anilines is 1. The van der Waals surface area contributed by atoms with Gasteiger partial charge in [0.15, 0.2) is 5.65 Å². The Hall–Kier alpha value is -3.26. The summed E-state index contributed by atoms with van der Waals surface area (Å²) >= 11 is 1.65. The highest BCUT2D eigenvalue weighted by Crippen LogP contribution is 2.30. The van der Waals surface area contributed by atoms with E-state index in [1.54, 1.807) is 11.3 Å². The predicted octanol–water partition coefficient (Wildman–Crippen LogP) is 4.81. The van der Waals surface area contributed by atoms with Crippen LogP contribution in [0.15, 0.2) is 47.8 Å². The summed E-state index contributed by atoms with van der Waals surface area (Å²) < 4.78 is 1.94. The number of para-hydroxylation sites is 1. The van der Waals surface area contributed by atoms with Gasteiger partial charge in [-0.1, -0.05) is 37.6 Å². The van der Waals surface area contributed by atoms with E-state index in [1.165, 1.54) is 0 Å². The Bertz CT molecular complexity index is 1280. The van der Waals surface area contributed by atoms with Crippen molar-refractivity contribution in [3.05, 3.63) is 64.2 Å². The van der Waals surface area contributed by atoms with Crippen LogP contribution in [-0.4, -0.2) is 56.7 Å². The van der Waals surface area contributed by atoms with Crippen molar-refractivity contribution in [2.45, 2.75) is 46.0 Å². The molecule has 1 aliphatic rings. The molecule has 1 fully saturated rings. The average molecular weight is 489 g/mol. The lowest BCUT2D eigenvalue weighted by Crippen LogP contribution is -2.36. The SMILES string of the molecule is CCCCc1nc(N2CCCN(C(=O)Cc3cccs3)CC2)c2c(C)nn(-c3ccccc3)c2n1. The molecule has 1 amide bonds. The monoisotopic (exact) mass is 488 g/mol. The van der Waals surface area contributed by atoms with Crippen LogP contribution in [0.4, 0.5) is 5.82 Å². The number of rotatable bonds is 7. The molecule has 0 atom stereocenters. The van der Waals surface area contributed by atoms with E-state index in [-0.39, 0.29) is 5.91 Å². The number of aryl methyl sites for hydroxylation is 2. The third kappa shape index (κ3) is 5.07. The first-order chi connectivity index (χ1) is 17.1. The van der Waals surface area contributed by atoms with Gasteiger partial charge in [0.2, 0.25) is 5.91 Å². The average Bonchev–Trinajstić information content (AvgIpc) is 3.42. The Morgan fingerprint density at radius 2 is 1.89 bits per heavy atom. The molecule has 0 radical (unpaired) electrons. The summed E-state index contributed by atoms with van der Waals surface area (Å²) in [6, 6.07) is 14.2. The standard InChI is InChI=1S/C27H32N6OS/c1-3-4-13-23-28-26(25-20(2)30-33(27(25)29-23)21-10-6-5-7-11-21)32-15-9-14-31(16-17-32)24(34)19-22-12-8-18-35-22/h5-8,10-12,18H,3-4,9,13-17,19H2,1-2H3.